The van der Waals surface area contributed by atoms with Crippen molar-refractivity contribution >= 4 is 23.2 Å². The number of para-hydroxylation sites is 1. The fraction of sp³-hybridized carbons (Fsp3) is 0.200. The molecule has 5 nitrogen and oxygen atoms in total. The van der Waals surface area contributed by atoms with Gasteiger partial charge in [-0.1, -0.05) is 41.9 Å². The molecule has 26 heavy (non-hydrogen) atoms. The van der Waals surface area contributed by atoms with Gasteiger partial charge in [0.2, 0.25) is 0 Å². The Labute approximate surface area is 157 Å². The SMILES string of the molecule is O=C(c1cn[nH]c1-c1cccc(Cl)c1)N1CCN(c2ccccc2)CC1. The zero-order valence-corrected chi connectivity index (χ0v) is 15.0. The number of carbonyl (C=O) groups excluding carboxylic acids is 1. The molecule has 3 aromatic rings. The second kappa shape index (κ2) is 7.22. The third kappa shape index (κ3) is 3.30. The molecule has 0 aliphatic carbocycles. The fourth-order valence-corrected chi connectivity index (χ4v) is 3.48. The number of hydrogen-bond donors (Lipinski definition) is 1. The van der Waals surface area contributed by atoms with Crippen LogP contribution in [0.15, 0.2) is 60.8 Å². The van der Waals surface area contributed by atoms with Gasteiger partial charge in [0.15, 0.2) is 0 Å². The van der Waals surface area contributed by atoms with Crippen molar-refractivity contribution in [3.8, 4) is 11.3 Å². The summed E-state index contributed by atoms with van der Waals surface area (Å²) in [4.78, 5) is 17.2. The number of carbonyl (C=O) groups is 1. The number of hydrogen-bond acceptors (Lipinski definition) is 3. The van der Waals surface area contributed by atoms with E-state index in [0.29, 0.717) is 29.4 Å². The van der Waals surface area contributed by atoms with Crippen molar-refractivity contribution in [3.63, 3.8) is 0 Å². The van der Waals surface area contributed by atoms with E-state index < -0.39 is 0 Å². The number of amides is 1. The average molecular weight is 367 g/mol. The number of piperazine rings is 1. The van der Waals surface area contributed by atoms with Crippen LogP contribution < -0.4 is 4.90 Å². The fourth-order valence-electron chi connectivity index (χ4n) is 3.29. The van der Waals surface area contributed by atoms with Gasteiger partial charge in [-0.25, -0.2) is 0 Å². The molecule has 132 valence electrons. The molecule has 0 saturated carbocycles. The quantitative estimate of drug-likeness (QED) is 0.769. The molecule has 0 bridgehead atoms. The van der Waals surface area contributed by atoms with Crippen LogP contribution in [-0.4, -0.2) is 47.2 Å². The summed E-state index contributed by atoms with van der Waals surface area (Å²) in [5, 5.41) is 7.65. The number of nitrogens with one attached hydrogen (secondary N) is 1. The highest BCUT2D eigenvalue weighted by Crippen LogP contribution is 2.25. The van der Waals surface area contributed by atoms with Crippen LogP contribution in [-0.2, 0) is 0 Å². The summed E-state index contributed by atoms with van der Waals surface area (Å²) >= 11 is 6.08. The minimum Gasteiger partial charge on any atom is -0.368 e. The zero-order valence-electron chi connectivity index (χ0n) is 14.2. The van der Waals surface area contributed by atoms with Crippen LogP contribution in [0.1, 0.15) is 10.4 Å². The largest absolute Gasteiger partial charge is 0.368 e. The molecule has 1 saturated heterocycles. The van der Waals surface area contributed by atoms with Gasteiger partial charge in [0.25, 0.3) is 5.91 Å². The van der Waals surface area contributed by atoms with E-state index in [-0.39, 0.29) is 5.91 Å². The summed E-state index contributed by atoms with van der Waals surface area (Å²) in [5.41, 5.74) is 3.35. The summed E-state index contributed by atoms with van der Waals surface area (Å²) in [6, 6.07) is 17.7. The van der Waals surface area contributed by atoms with E-state index in [9.17, 15) is 4.79 Å². The number of aromatic amines is 1. The molecule has 2 aromatic carbocycles. The van der Waals surface area contributed by atoms with E-state index in [0.717, 1.165) is 18.7 Å². The lowest BCUT2D eigenvalue weighted by Gasteiger charge is -2.36. The van der Waals surface area contributed by atoms with Crippen LogP contribution in [0.3, 0.4) is 0 Å². The maximum atomic E-state index is 13.0. The Morgan fingerprint density at radius 1 is 1.00 bits per heavy atom. The molecule has 1 aliphatic rings. The lowest BCUT2D eigenvalue weighted by atomic mass is 10.1. The van der Waals surface area contributed by atoms with Crippen molar-refractivity contribution < 1.29 is 4.79 Å². The van der Waals surface area contributed by atoms with E-state index in [1.54, 1.807) is 6.20 Å². The van der Waals surface area contributed by atoms with E-state index in [4.69, 9.17) is 11.6 Å². The van der Waals surface area contributed by atoms with E-state index in [1.165, 1.54) is 5.69 Å². The molecule has 2 heterocycles. The minimum atomic E-state index is 0.00133. The van der Waals surface area contributed by atoms with Crippen LogP contribution in [0.25, 0.3) is 11.3 Å². The predicted octanol–water partition coefficient (Wildman–Crippen LogP) is 3.69. The molecule has 0 radical (unpaired) electrons. The van der Waals surface area contributed by atoms with E-state index in [2.05, 4.69) is 27.2 Å². The second-order valence-corrected chi connectivity index (χ2v) is 6.72. The van der Waals surface area contributed by atoms with Gasteiger partial charge in [0.05, 0.1) is 17.5 Å². The predicted molar refractivity (Wildman–Crippen MR) is 104 cm³/mol. The number of aromatic nitrogens is 2. The van der Waals surface area contributed by atoms with Gasteiger partial charge in [-0.3, -0.25) is 9.89 Å². The molecule has 1 aliphatic heterocycles. The number of benzene rings is 2. The van der Waals surface area contributed by atoms with Crippen molar-refractivity contribution in [2.75, 3.05) is 31.1 Å². The Morgan fingerprint density at radius 2 is 1.77 bits per heavy atom. The van der Waals surface area contributed by atoms with Gasteiger partial charge in [0.1, 0.15) is 0 Å². The second-order valence-electron chi connectivity index (χ2n) is 6.28. The van der Waals surface area contributed by atoms with Gasteiger partial charge in [-0.05, 0) is 24.3 Å². The Hall–Kier alpha value is -2.79. The van der Waals surface area contributed by atoms with Gasteiger partial charge in [-0.15, -0.1) is 0 Å². The highest BCUT2D eigenvalue weighted by molar-refractivity contribution is 6.30. The Bertz CT molecular complexity index is 901. The number of halogens is 1. The van der Waals surface area contributed by atoms with E-state index >= 15 is 0 Å². The van der Waals surface area contributed by atoms with E-state index in [1.807, 2.05) is 47.4 Å². The standard InChI is InChI=1S/C20H19ClN4O/c21-16-6-4-5-15(13-16)19-18(14-22-23-19)20(26)25-11-9-24(10-12-25)17-7-2-1-3-8-17/h1-8,13-14H,9-12H2,(H,22,23). The monoisotopic (exact) mass is 366 g/mol. The number of anilines is 1. The molecule has 6 heteroatoms. The Morgan fingerprint density at radius 3 is 2.50 bits per heavy atom. The van der Waals surface area contributed by atoms with Gasteiger partial charge in [-0.2, -0.15) is 5.10 Å². The van der Waals surface area contributed by atoms with Crippen LogP contribution in [0.5, 0.6) is 0 Å². The van der Waals surface area contributed by atoms with Gasteiger partial charge >= 0.3 is 0 Å². The highest BCUT2D eigenvalue weighted by Gasteiger charge is 2.25. The Kier molecular flexibility index (Phi) is 4.63. The first kappa shape index (κ1) is 16.7. The van der Waals surface area contributed by atoms with Crippen molar-refractivity contribution in [2.45, 2.75) is 0 Å². The molecule has 0 atom stereocenters. The average Bonchev–Trinajstić information content (AvgIpc) is 3.18. The number of rotatable bonds is 3. The first-order valence-electron chi connectivity index (χ1n) is 8.61. The minimum absolute atomic E-state index is 0.00133. The molecule has 4 rings (SSSR count). The van der Waals surface area contributed by atoms with Gasteiger partial charge < -0.3 is 9.80 Å². The lowest BCUT2D eigenvalue weighted by molar-refractivity contribution is 0.0747. The Balaban J connectivity index is 1.49. The first-order chi connectivity index (χ1) is 12.7. The summed E-state index contributed by atoms with van der Waals surface area (Å²) in [6.45, 7) is 3.02. The highest BCUT2D eigenvalue weighted by atomic mass is 35.5. The molecule has 1 amide bonds. The molecule has 0 spiro atoms. The van der Waals surface area contributed by atoms with Crippen LogP contribution in [0.4, 0.5) is 5.69 Å². The lowest BCUT2D eigenvalue weighted by Crippen LogP contribution is -2.48. The molecule has 1 N–H and O–H groups in total. The van der Waals surface area contributed by atoms with Crippen molar-refractivity contribution in [3.05, 3.63) is 71.4 Å². The van der Waals surface area contributed by atoms with Crippen LogP contribution in [0.2, 0.25) is 5.02 Å². The van der Waals surface area contributed by atoms with Crippen LogP contribution >= 0.6 is 11.6 Å². The molecule has 1 fully saturated rings. The molecular formula is C20H19ClN4O. The van der Waals surface area contributed by atoms with Gasteiger partial charge in [0, 0.05) is 42.5 Å². The third-order valence-electron chi connectivity index (χ3n) is 4.67. The molecule has 0 unspecified atom stereocenters. The maximum absolute atomic E-state index is 13.0. The summed E-state index contributed by atoms with van der Waals surface area (Å²) in [6.07, 6.45) is 1.60. The summed E-state index contributed by atoms with van der Waals surface area (Å²) in [7, 11) is 0. The molecular weight excluding hydrogens is 348 g/mol. The third-order valence-corrected chi connectivity index (χ3v) is 4.91. The number of H-pyrrole nitrogens is 1. The van der Waals surface area contributed by atoms with Crippen molar-refractivity contribution in [1.82, 2.24) is 15.1 Å². The summed E-state index contributed by atoms with van der Waals surface area (Å²) < 4.78 is 0. The summed E-state index contributed by atoms with van der Waals surface area (Å²) in [5.74, 6) is 0.00133. The molecule has 1 aromatic heterocycles. The number of nitrogens with zero attached hydrogens (tertiary/aromatic N) is 3. The van der Waals surface area contributed by atoms with Crippen molar-refractivity contribution in [2.24, 2.45) is 0 Å². The van der Waals surface area contributed by atoms with Crippen LogP contribution in [0, 0.1) is 0 Å². The van der Waals surface area contributed by atoms with Crippen molar-refractivity contribution in [1.29, 1.82) is 0 Å². The first-order valence-corrected chi connectivity index (χ1v) is 8.99. The zero-order chi connectivity index (χ0) is 17.9. The smallest absolute Gasteiger partial charge is 0.257 e. The topological polar surface area (TPSA) is 52.2 Å². The maximum Gasteiger partial charge on any atom is 0.257 e. The normalized spacial score (nSPS) is 14.5.